The minimum atomic E-state index is -2.44. The van der Waals surface area contributed by atoms with E-state index in [0.29, 0.717) is 23.7 Å². The van der Waals surface area contributed by atoms with Crippen LogP contribution in [-0.4, -0.2) is 44.1 Å². The molecule has 2 aromatic rings. The zero-order valence-electron chi connectivity index (χ0n) is 16.9. The minimum Gasteiger partial charge on any atom is -0.341 e. The van der Waals surface area contributed by atoms with Crippen molar-refractivity contribution in [2.75, 3.05) is 18.0 Å². The van der Waals surface area contributed by atoms with E-state index in [-0.39, 0.29) is 6.54 Å². The number of anilines is 1. The number of hydrogen-bond donors (Lipinski definition) is 0. The van der Waals surface area contributed by atoms with Crippen molar-refractivity contribution in [1.82, 2.24) is 24.5 Å². The van der Waals surface area contributed by atoms with E-state index in [9.17, 15) is 8.78 Å². The third-order valence-corrected chi connectivity index (χ3v) is 6.54. The molecule has 3 heterocycles. The maximum atomic E-state index is 13.3. The van der Waals surface area contributed by atoms with Gasteiger partial charge in [-0.05, 0) is 51.0 Å². The maximum absolute atomic E-state index is 13.3. The Bertz CT molecular complexity index is 796. The number of nitrogens with zero attached hydrogens (tertiary/aromatic N) is 6. The SMILES string of the molecule is Cc1cc(C)n(Cc2nnc(N3CCC4(CCCCC4)CC3)n2CC(F)F)n1. The van der Waals surface area contributed by atoms with Crippen molar-refractivity contribution < 1.29 is 8.78 Å². The molecule has 2 aliphatic rings. The second-order valence-corrected chi connectivity index (χ2v) is 8.55. The van der Waals surface area contributed by atoms with Crippen molar-refractivity contribution in [2.45, 2.75) is 78.3 Å². The van der Waals surface area contributed by atoms with Gasteiger partial charge in [-0.15, -0.1) is 10.2 Å². The van der Waals surface area contributed by atoms with E-state index in [2.05, 4.69) is 20.2 Å². The van der Waals surface area contributed by atoms with Gasteiger partial charge in [0.05, 0.1) is 12.2 Å². The van der Waals surface area contributed by atoms with E-state index in [1.165, 1.54) is 32.1 Å². The van der Waals surface area contributed by atoms with Crippen molar-refractivity contribution in [2.24, 2.45) is 5.41 Å². The topological polar surface area (TPSA) is 51.8 Å². The van der Waals surface area contributed by atoms with E-state index in [1.807, 2.05) is 19.9 Å². The first-order valence-electron chi connectivity index (χ1n) is 10.4. The molecule has 1 aliphatic carbocycles. The molecule has 1 aliphatic heterocycles. The van der Waals surface area contributed by atoms with Gasteiger partial charge in [0.1, 0.15) is 6.54 Å². The Morgan fingerprint density at radius 3 is 2.36 bits per heavy atom. The fraction of sp³-hybridized carbons (Fsp3) is 0.750. The van der Waals surface area contributed by atoms with Gasteiger partial charge in [0.2, 0.25) is 5.95 Å². The largest absolute Gasteiger partial charge is 0.341 e. The number of rotatable bonds is 5. The third-order valence-electron chi connectivity index (χ3n) is 6.54. The zero-order valence-corrected chi connectivity index (χ0v) is 16.9. The summed E-state index contributed by atoms with van der Waals surface area (Å²) in [6.45, 7) is 5.62. The molecule has 4 rings (SSSR count). The quantitative estimate of drug-likeness (QED) is 0.773. The molecule has 1 saturated carbocycles. The second kappa shape index (κ2) is 7.79. The predicted octanol–water partition coefficient (Wildman–Crippen LogP) is 3.96. The van der Waals surface area contributed by atoms with Crippen LogP contribution in [0.2, 0.25) is 0 Å². The highest BCUT2D eigenvalue weighted by Crippen LogP contribution is 2.45. The van der Waals surface area contributed by atoms with Crippen LogP contribution in [0.1, 0.15) is 62.2 Å². The first-order chi connectivity index (χ1) is 13.5. The molecule has 28 heavy (non-hydrogen) atoms. The van der Waals surface area contributed by atoms with Gasteiger partial charge >= 0.3 is 0 Å². The minimum absolute atomic E-state index is 0.358. The molecule has 2 fully saturated rings. The van der Waals surface area contributed by atoms with Crippen LogP contribution in [0, 0.1) is 19.3 Å². The monoisotopic (exact) mass is 392 g/mol. The van der Waals surface area contributed by atoms with Crippen molar-refractivity contribution in [1.29, 1.82) is 0 Å². The van der Waals surface area contributed by atoms with Gasteiger partial charge in [0.15, 0.2) is 5.82 Å². The average Bonchev–Trinajstić information content (AvgIpc) is 3.19. The summed E-state index contributed by atoms with van der Waals surface area (Å²) in [7, 11) is 0. The Labute approximate surface area is 164 Å². The van der Waals surface area contributed by atoms with Gasteiger partial charge in [-0.25, -0.2) is 8.78 Å². The lowest BCUT2D eigenvalue weighted by Gasteiger charge is -2.44. The van der Waals surface area contributed by atoms with Gasteiger partial charge < -0.3 is 4.90 Å². The van der Waals surface area contributed by atoms with E-state index in [4.69, 9.17) is 0 Å². The number of piperidine rings is 1. The molecule has 0 amide bonds. The molecule has 2 aromatic heterocycles. The third kappa shape index (κ3) is 3.91. The summed E-state index contributed by atoms with van der Waals surface area (Å²) >= 11 is 0. The standard InChI is InChI=1S/C20H30F2N6/c1-15-12-16(2)28(25-15)14-18-23-24-19(27(18)13-17(21)22)26-10-8-20(9-11-26)6-4-3-5-7-20/h12,17H,3-11,13-14H2,1-2H3. The fourth-order valence-corrected chi connectivity index (χ4v) is 4.95. The van der Waals surface area contributed by atoms with Crippen LogP contribution < -0.4 is 4.90 Å². The summed E-state index contributed by atoms with van der Waals surface area (Å²) in [5, 5.41) is 13.0. The van der Waals surface area contributed by atoms with Crippen molar-refractivity contribution >= 4 is 5.95 Å². The average molecular weight is 392 g/mol. The zero-order chi connectivity index (χ0) is 19.7. The van der Waals surface area contributed by atoms with Gasteiger partial charge in [-0.1, -0.05) is 19.3 Å². The van der Waals surface area contributed by atoms with Gasteiger partial charge in [-0.2, -0.15) is 5.10 Å². The second-order valence-electron chi connectivity index (χ2n) is 8.55. The van der Waals surface area contributed by atoms with Crippen LogP contribution in [0.4, 0.5) is 14.7 Å². The van der Waals surface area contributed by atoms with Crippen LogP contribution in [-0.2, 0) is 13.1 Å². The molecule has 154 valence electrons. The predicted molar refractivity (Wildman–Crippen MR) is 104 cm³/mol. The lowest BCUT2D eigenvalue weighted by molar-refractivity contribution is 0.123. The molecule has 0 aromatic carbocycles. The van der Waals surface area contributed by atoms with E-state index < -0.39 is 6.43 Å². The summed E-state index contributed by atoms with van der Waals surface area (Å²) in [5.74, 6) is 1.13. The number of aryl methyl sites for hydroxylation is 2. The van der Waals surface area contributed by atoms with Gasteiger partial charge in [0.25, 0.3) is 6.43 Å². The maximum Gasteiger partial charge on any atom is 0.256 e. The molecule has 0 N–H and O–H groups in total. The summed E-state index contributed by atoms with van der Waals surface area (Å²) in [6.07, 6.45) is 6.44. The van der Waals surface area contributed by atoms with Crippen LogP contribution in [0.5, 0.6) is 0 Å². The smallest absolute Gasteiger partial charge is 0.256 e. The molecule has 0 atom stereocenters. The number of aromatic nitrogens is 5. The first kappa shape index (κ1) is 19.3. The van der Waals surface area contributed by atoms with E-state index >= 15 is 0 Å². The van der Waals surface area contributed by atoms with E-state index in [1.54, 1.807) is 9.25 Å². The fourth-order valence-electron chi connectivity index (χ4n) is 4.95. The molecular weight excluding hydrogens is 362 g/mol. The Hall–Kier alpha value is -1.99. The summed E-state index contributed by atoms with van der Waals surface area (Å²) < 4.78 is 30.0. The Balaban J connectivity index is 1.54. The highest BCUT2D eigenvalue weighted by atomic mass is 19.3. The van der Waals surface area contributed by atoms with Gasteiger partial charge in [0, 0.05) is 18.8 Å². The lowest BCUT2D eigenvalue weighted by atomic mass is 9.68. The summed E-state index contributed by atoms with van der Waals surface area (Å²) in [6, 6.07) is 1.98. The molecule has 0 bridgehead atoms. The molecule has 0 radical (unpaired) electrons. The molecule has 0 unspecified atom stereocenters. The molecule has 8 heteroatoms. The van der Waals surface area contributed by atoms with Crippen LogP contribution in [0.3, 0.4) is 0 Å². The number of hydrogen-bond acceptors (Lipinski definition) is 4. The molecular formula is C20H30F2N6. The number of alkyl halides is 2. The van der Waals surface area contributed by atoms with Crippen molar-refractivity contribution in [3.05, 3.63) is 23.3 Å². The highest BCUT2D eigenvalue weighted by Gasteiger charge is 2.36. The Morgan fingerprint density at radius 2 is 1.75 bits per heavy atom. The van der Waals surface area contributed by atoms with Crippen LogP contribution >= 0.6 is 0 Å². The molecule has 1 spiro atoms. The van der Waals surface area contributed by atoms with Crippen LogP contribution in [0.25, 0.3) is 0 Å². The summed E-state index contributed by atoms with van der Waals surface area (Å²) in [5.41, 5.74) is 2.36. The van der Waals surface area contributed by atoms with E-state index in [0.717, 1.165) is 37.3 Å². The Kier molecular flexibility index (Phi) is 5.38. The van der Waals surface area contributed by atoms with Crippen molar-refractivity contribution in [3.63, 3.8) is 0 Å². The normalized spacial score (nSPS) is 19.7. The van der Waals surface area contributed by atoms with Crippen LogP contribution in [0.15, 0.2) is 6.07 Å². The summed E-state index contributed by atoms with van der Waals surface area (Å²) in [4.78, 5) is 2.15. The lowest BCUT2D eigenvalue weighted by Crippen LogP contribution is -2.42. The molecule has 6 nitrogen and oxygen atoms in total. The highest BCUT2D eigenvalue weighted by molar-refractivity contribution is 5.32. The molecule has 1 saturated heterocycles. The van der Waals surface area contributed by atoms with Crippen molar-refractivity contribution in [3.8, 4) is 0 Å². The Morgan fingerprint density at radius 1 is 1.04 bits per heavy atom. The van der Waals surface area contributed by atoms with Gasteiger partial charge in [-0.3, -0.25) is 9.25 Å². The first-order valence-corrected chi connectivity index (χ1v) is 10.4. The number of halogens is 2.